The molecule has 11 heteroatoms. The molecule has 0 aliphatic rings. The zero-order chi connectivity index (χ0) is 25.4. The summed E-state index contributed by atoms with van der Waals surface area (Å²) < 4.78 is 39.8. The number of carbonyl (C=O) groups excluding carboxylic acids is 1. The highest BCUT2D eigenvalue weighted by atomic mass is 79.9. The number of carbonyl (C=O) groups is 1. The molecular formula is C24H23BrClN3O5S. The van der Waals surface area contributed by atoms with Crippen molar-refractivity contribution >= 4 is 55.4 Å². The van der Waals surface area contributed by atoms with Crippen LogP contribution in [0, 0.1) is 0 Å². The predicted molar refractivity (Wildman–Crippen MR) is 140 cm³/mol. The summed E-state index contributed by atoms with van der Waals surface area (Å²) in [6, 6.07) is 17.6. The fraction of sp³-hybridized carbons (Fsp3) is 0.167. The van der Waals surface area contributed by atoms with E-state index in [1.54, 1.807) is 43.3 Å². The Kier molecular flexibility index (Phi) is 9.13. The maximum Gasteiger partial charge on any atom is 0.264 e. The van der Waals surface area contributed by atoms with Crippen molar-refractivity contribution in [2.75, 3.05) is 24.6 Å². The number of nitrogens with one attached hydrogen (secondary N) is 1. The van der Waals surface area contributed by atoms with Gasteiger partial charge >= 0.3 is 0 Å². The summed E-state index contributed by atoms with van der Waals surface area (Å²) in [6.07, 6.45) is 1.41. The summed E-state index contributed by atoms with van der Waals surface area (Å²) in [7, 11) is -2.62. The Bertz CT molecular complexity index is 1320. The number of methoxy groups -OCH3 is 1. The van der Waals surface area contributed by atoms with E-state index in [9.17, 15) is 13.2 Å². The van der Waals surface area contributed by atoms with Crippen molar-refractivity contribution in [3.8, 4) is 11.5 Å². The third-order valence-electron chi connectivity index (χ3n) is 4.71. The van der Waals surface area contributed by atoms with Gasteiger partial charge in [-0.05, 0) is 61.5 Å². The van der Waals surface area contributed by atoms with E-state index in [-0.39, 0.29) is 10.6 Å². The Morgan fingerprint density at radius 2 is 1.83 bits per heavy atom. The molecule has 0 saturated heterocycles. The first-order valence-corrected chi connectivity index (χ1v) is 13.0. The second-order valence-corrected chi connectivity index (χ2v) is 10.3. The molecule has 3 aromatic carbocycles. The first kappa shape index (κ1) is 26.5. The zero-order valence-corrected chi connectivity index (χ0v) is 22.1. The van der Waals surface area contributed by atoms with Gasteiger partial charge in [-0.25, -0.2) is 13.8 Å². The van der Waals surface area contributed by atoms with Gasteiger partial charge in [-0.1, -0.05) is 39.7 Å². The third kappa shape index (κ3) is 6.74. The van der Waals surface area contributed by atoms with Crippen molar-refractivity contribution in [2.24, 2.45) is 5.10 Å². The Morgan fingerprint density at radius 1 is 1.11 bits per heavy atom. The van der Waals surface area contributed by atoms with Gasteiger partial charge in [-0.15, -0.1) is 0 Å². The average molecular weight is 581 g/mol. The first-order chi connectivity index (χ1) is 16.8. The lowest BCUT2D eigenvalue weighted by molar-refractivity contribution is -0.119. The molecule has 184 valence electrons. The number of halogens is 2. The van der Waals surface area contributed by atoms with Gasteiger partial charge in [0.05, 0.1) is 30.5 Å². The van der Waals surface area contributed by atoms with E-state index in [4.69, 9.17) is 21.1 Å². The van der Waals surface area contributed by atoms with Crippen LogP contribution in [0.4, 0.5) is 5.69 Å². The molecule has 0 radical (unpaired) electrons. The van der Waals surface area contributed by atoms with Crippen molar-refractivity contribution in [1.82, 2.24) is 5.43 Å². The number of sulfonamides is 1. The Hall–Kier alpha value is -3.08. The molecule has 3 rings (SSSR count). The quantitative estimate of drug-likeness (QED) is 0.273. The lowest BCUT2D eigenvalue weighted by atomic mass is 10.2. The maximum atomic E-state index is 13.5. The van der Waals surface area contributed by atoms with Crippen LogP contribution in [0.5, 0.6) is 11.5 Å². The smallest absolute Gasteiger partial charge is 0.264 e. The molecule has 0 aliphatic carbocycles. The van der Waals surface area contributed by atoms with E-state index in [0.29, 0.717) is 28.7 Å². The number of amides is 1. The van der Waals surface area contributed by atoms with Crippen LogP contribution in [0.2, 0.25) is 5.02 Å². The van der Waals surface area contributed by atoms with Crippen molar-refractivity contribution in [2.45, 2.75) is 11.8 Å². The van der Waals surface area contributed by atoms with Crippen molar-refractivity contribution in [1.29, 1.82) is 0 Å². The summed E-state index contributed by atoms with van der Waals surface area (Å²) in [5.74, 6) is 0.227. The molecule has 0 aromatic heterocycles. The monoisotopic (exact) mass is 579 g/mol. The maximum absolute atomic E-state index is 13.5. The van der Waals surface area contributed by atoms with Gasteiger partial charge in [0.15, 0.2) is 0 Å². The predicted octanol–water partition coefficient (Wildman–Crippen LogP) is 4.86. The molecule has 0 aliphatic heterocycles. The molecule has 1 N–H and O–H groups in total. The molecule has 3 aromatic rings. The summed E-state index contributed by atoms with van der Waals surface area (Å²) in [6.45, 7) is 1.56. The van der Waals surface area contributed by atoms with Gasteiger partial charge in [0.2, 0.25) is 0 Å². The minimum atomic E-state index is -4.14. The number of hydrogen-bond acceptors (Lipinski definition) is 6. The Morgan fingerprint density at radius 3 is 2.51 bits per heavy atom. The lowest BCUT2D eigenvalue weighted by Gasteiger charge is -2.25. The van der Waals surface area contributed by atoms with Crippen LogP contribution < -0.4 is 19.2 Å². The number of para-hydroxylation sites is 2. The van der Waals surface area contributed by atoms with Crippen molar-refractivity contribution in [3.05, 3.63) is 81.8 Å². The molecular weight excluding hydrogens is 558 g/mol. The minimum absolute atomic E-state index is 0.0247. The minimum Gasteiger partial charge on any atom is -0.496 e. The summed E-state index contributed by atoms with van der Waals surface area (Å²) >= 11 is 9.30. The van der Waals surface area contributed by atoms with Crippen LogP contribution in [0.3, 0.4) is 0 Å². The first-order valence-electron chi connectivity index (χ1n) is 10.4. The highest BCUT2D eigenvalue weighted by Crippen LogP contribution is 2.32. The largest absolute Gasteiger partial charge is 0.496 e. The number of benzene rings is 3. The van der Waals surface area contributed by atoms with Gasteiger partial charge in [0, 0.05) is 15.1 Å². The normalized spacial score (nSPS) is 11.3. The van der Waals surface area contributed by atoms with E-state index >= 15 is 0 Å². The highest BCUT2D eigenvalue weighted by molar-refractivity contribution is 9.10. The van der Waals surface area contributed by atoms with E-state index in [0.717, 1.165) is 8.78 Å². The van der Waals surface area contributed by atoms with Crippen LogP contribution in [-0.2, 0) is 14.8 Å². The van der Waals surface area contributed by atoms with Gasteiger partial charge in [-0.3, -0.25) is 9.10 Å². The molecule has 8 nitrogen and oxygen atoms in total. The molecule has 0 atom stereocenters. The number of anilines is 1. The zero-order valence-electron chi connectivity index (χ0n) is 18.9. The molecule has 0 spiro atoms. The van der Waals surface area contributed by atoms with Crippen LogP contribution in [0.1, 0.15) is 12.5 Å². The molecule has 0 fully saturated rings. The number of nitrogens with zero attached hydrogens (tertiary/aromatic N) is 2. The van der Waals surface area contributed by atoms with E-state index in [1.807, 2.05) is 6.07 Å². The molecule has 1 amide bonds. The van der Waals surface area contributed by atoms with Crippen molar-refractivity contribution < 1.29 is 22.7 Å². The topological polar surface area (TPSA) is 97.3 Å². The van der Waals surface area contributed by atoms with Gasteiger partial charge in [0.1, 0.15) is 18.0 Å². The molecule has 0 saturated carbocycles. The van der Waals surface area contributed by atoms with E-state index < -0.39 is 22.5 Å². The number of rotatable bonds is 10. The van der Waals surface area contributed by atoms with Crippen LogP contribution >= 0.6 is 27.5 Å². The van der Waals surface area contributed by atoms with Crippen LogP contribution in [0.25, 0.3) is 0 Å². The lowest BCUT2D eigenvalue weighted by Crippen LogP contribution is -2.39. The highest BCUT2D eigenvalue weighted by Gasteiger charge is 2.29. The Labute approximate surface area is 217 Å². The second-order valence-electron chi connectivity index (χ2n) is 7.05. The van der Waals surface area contributed by atoms with E-state index in [2.05, 4.69) is 26.5 Å². The molecule has 0 unspecified atom stereocenters. The SMILES string of the molecule is CCOc1ccccc1N(CC(=O)N/N=C\c1cc(Br)ccc1OC)S(=O)(=O)c1ccc(Cl)cc1. The Balaban J connectivity index is 1.91. The number of hydrazone groups is 1. The summed E-state index contributed by atoms with van der Waals surface area (Å²) in [4.78, 5) is 12.8. The number of ether oxygens (including phenoxy) is 2. The van der Waals surface area contributed by atoms with Crippen molar-refractivity contribution in [3.63, 3.8) is 0 Å². The second kappa shape index (κ2) is 12.1. The van der Waals surface area contributed by atoms with Gasteiger partial charge in [-0.2, -0.15) is 5.10 Å². The van der Waals surface area contributed by atoms with E-state index in [1.165, 1.54) is 37.6 Å². The third-order valence-corrected chi connectivity index (χ3v) is 7.23. The van der Waals surface area contributed by atoms with Gasteiger partial charge in [0.25, 0.3) is 15.9 Å². The molecule has 35 heavy (non-hydrogen) atoms. The molecule has 0 heterocycles. The molecule has 0 bridgehead atoms. The fourth-order valence-corrected chi connectivity index (χ4v) is 5.06. The summed E-state index contributed by atoms with van der Waals surface area (Å²) in [5.41, 5.74) is 3.22. The van der Waals surface area contributed by atoms with Gasteiger partial charge < -0.3 is 9.47 Å². The van der Waals surface area contributed by atoms with Crippen LogP contribution in [-0.4, -0.2) is 40.8 Å². The standard InChI is InChI=1S/C24H23BrClN3O5S/c1-3-34-23-7-5-4-6-21(23)29(35(31,32)20-11-9-19(26)10-12-20)16-24(30)28-27-15-17-14-18(25)8-13-22(17)33-2/h4-15H,3,16H2,1-2H3,(H,28,30)/b27-15-. The fourth-order valence-electron chi connectivity index (χ4n) is 3.12. The van der Waals surface area contributed by atoms with Crippen LogP contribution in [0.15, 0.2) is 81.2 Å². The summed E-state index contributed by atoms with van der Waals surface area (Å²) in [5, 5.41) is 4.36. The average Bonchev–Trinajstić information content (AvgIpc) is 2.83. The number of hydrogen-bond donors (Lipinski definition) is 1.